The highest BCUT2D eigenvalue weighted by Crippen LogP contribution is 2.31. The van der Waals surface area contributed by atoms with Gasteiger partial charge in [-0.05, 0) is 11.6 Å². The summed E-state index contributed by atoms with van der Waals surface area (Å²) >= 11 is 0. The Hall–Kier alpha value is -2.18. The summed E-state index contributed by atoms with van der Waals surface area (Å²) in [5.74, 6) is 0.865. The van der Waals surface area contributed by atoms with E-state index >= 15 is 0 Å². The average Bonchev–Trinajstić information content (AvgIpc) is 2.97. The molecule has 1 saturated heterocycles. The third-order valence-corrected chi connectivity index (χ3v) is 4.55. The van der Waals surface area contributed by atoms with Crippen LogP contribution in [0.3, 0.4) is 0 Å². The second-order valence-corrected chi connectivity index (χ2v) is 6.23. The molecule has 6 heteroatoms. The van der Waals surface area contributed by atoms with Crippen molar-refractivity contribution < 1.29 is 18.3 Å². The van der Waals surface area contributed by atoms with E-state index < -0.39 is 6.61 Å². The van der Waals surface area contributed by atoms with Crippen LogP contribution in [0.5, 0.6) is 11.5 Å². The summed E-state index contributed by atoms with van der Waals surface area (Å²) in [6.07, 6.45) is 0. The molecular weight excluding hydrogens is 326 g/mol. The van der Waals surface area contributed by atoms with E-state index in [2.05, 4.69) is 21.8 Å². The Bertz CT molecular complexity index is 697. The Morgan fingerprint density at radius 1 is 1.16 bits per heavy atom. The van der Waals surface area contributed by atoms with Gasteiger partial charge in [0.1, 0.15) is 11.5 Å². The number of rotatable bonds is 6. The van der Waals surface area contributed by atoms with Crippen molar-refractivity contribution in [3.8, 4) is 11.5 Å². The van der Waals surface area contributed by atoms with Gasteiger partial charge in [-0.1, -0.05) is 36.4 Å². The maximum Gasteiger partial charge on any atom is 0.387 e. The van der Waals surface area contributed by atoms with Crippen LogP contribution in [0.15, 0.2) is 48.5 Å². The van der Waals surface area contributed by atoms with Crippen molar-refractivity contribution in [3.63, 3.8) is 0 Å². The number of halogens is 2. The van der Waals surface area contributed by atoms with Crippen LogP contribution in [0.2, 0.25) is 0 Å². The second kappa shape index (κ2) is 7.80. The van der Waals surface area contributed by atoms with Gasteiger partial charge in [0.2, 0.25) is 0 Å². The van der Waals surface area contributed by atoms with Crippen LogP contribution < -0.4 is 15.2 Å². The highest BCUT2D eigenvalue weighted by atomic mass is 19.3. The standard InChI is InChI=1S/C19H22F2N2O2/c1-24-15-8-7-14(18(9-15)25-19(20)21)10-23-11-16(17(22)12-23)13-5-3-2-4-6-13/h2-9,16-17,19H,10-12,22H2,1H3/t16-,17+/m0/s1. The predicted octanol–water partition coefficient (Wildman–Crippen LogP) is 3.22. The molecule has 0 aliphatic carbocycles. The zero-order chi connectivity index (χ0) is 17.8. The molecule has 2 N–H and O–H groups in total. The van der Waals surface area contributed by atoms with Gasteiger partial charge in [-0.2, -0.15) is 8.78 Å². The fraction of sp³-hybridized carbons (Fsp3) is 0.368. The predicted molar refractivity (Wildman–Crippen MR) is 92.1 cm³/mol. The average molecular weight is 348 g/mol. The van der Waals surface area contributed by atoms with Crippen molar-refractivity contribution in [1.29, 1.82) is 0 Å². The third kappa shape index (κ3) is 4.27. The minimum absolute atomic E-state index is 0.0140. The van der Waals surface area contributed by atoms with Crippen LogP contribution in [0, 0.1) is 0 Å². The molecule has 0 radical (unpaired) electrons. The molecule has 0 unspecified atom stereocenters. The van der Waals surface area contributed by atoms with Crippen LogP contribution in [0.1, 0.15) is 17.0 Å². The molecule has 25 heavy (non-hydrogen) atoms. The number of nitrogens with zero attached hydrogens (tertiary/aromatic N) is 1. The lowest BCUT2D eigenvalue weighted by Gasteiger charge is -2.19. The molecule has 1 aliphatic heterocycles. The molecule has 2 aromatic carbocycles. The number of alkyl halides is 2. The zero-order valence-electron chi connectivity index (χ0n) is 14.1. The first-order valence-electron chi connectivity index (χ1n) is 8.21. The van der Waals surface area contributed by atoms with E-state index in [-0.39, 0.29) is 17.7 Å². The molecule has 0 saturated carbocycles. The summed E-state index contributed by atoms with van der Waals surface area (Å²) in [6, 6.07) is 15.2. The van der Waals surface area contributed by atoms with Crippen LogP contribution in [-0.4, -0.2) is 37.8 Å². The van der Waals surface area contributed by atoms with Crippen molar-refractivity contribution in [2.75, 3.05) is 20.2 Å². The minimum Gasteiger partial charge on any atom is -0.497 e. The molecule has 1 aliphatic rings. The highest BCUT2D eigenvalue weighted by molar-refractivity contribution is 5.41. The van der Waals surface area contributed by atoms with Gasteiger partial charge in [0.25, 0.3) is 0 Å². The second-order valence-electron chi connectivity index (χ2n) is 6.23. The lowest BCUT2D eigenvalue weighted by Crippen LogP contribution is -2.28. The maximum atomic E-state index is 12.7. The molecule has 2 aromatic rings. The maximum absolute atomic E-state index is 12.7. The van der Waals surface area contributed by atoms with Crippen LogP contribution in [0.25, 0.3) is 0 Å². The SMILES string of the molecule is COc1ccc(CN2C[C@@H](N)[C@H](c3ccccc3)C2)c(OC(F)F)c1. The Kier molecular flexibility index (Phi) is 5.50. The Balaban J connectivity index is 1.74. The topological polar surface area (TPSA) is 47.7 Å². The Morgan fingerprint density at radius 2 is 1.92 bits per heavy atom. The molecule has 1 fully saturated rings. The van der Waals surface area contributed by atoms with Gasteiger partial charge in [0.15, 0.2) is 0 Å². The summed E-state index contributed by atoms with van der Waals surface area (Å²) in [5, 5.41) is 0. The van der Waals surface area contributed by atoms with E-state index in [9.17, 15) is 8.78 Å². The van der Waals surface area contributed by atoms with Gasteiger partial charge in [-0.3, -0.25) is 4.90 Å². The number of hydrogen-bond acceptors (Lipinski definition) is 4. The van der Waals surface area contributed by atoms with Crippen molar-refractivity contribution in [3.05, 3.63) is 59.7 Å². The van der Waals surface area contributed by atoms with Crippen molar-refractivity contribution in [2.45, 2.75) is 25.1 Å². The molecule has 4 nitrogen and oxygen atoms in total. The smallest absolute Gasteiger partial charge is 0.387 e. The summed E-state index contributed by atoms with van der Waals surface area (Å²) in [4.78, 5) is 2.17. The number of ether oxygens (including phenoxy) is 2. The molecule has 0 amide bonds. The Morgan fingerprint density at radius 3 is 2.60 bits per heavy atom. The lowest BCUT2D eigenvalue weighted by molar-refractivity contribution is -0.0508. The monoisotopic (exact) mass is 348 g/mol. The van der Waals surface area contributed by atoms with Gasteiger partial charge in [-0.25, -0.2) is 0 Å². The molecule has 1 heterocycles. The van der Waals surface area contributed by atoms with Crippen molar-refractivity contribution >= 4 is 0 Å². The summed E-state index contributed by atoms with van der Waals surface area (Å²) < 4.78 is 35.2. The number of nitrogens with two attached hydrogens (primary N) is 1. The zero-order valence-corrected chi connectivity index (χ0v) is 14.1. The van der Waals surface area contributed by atoms with Crippen LogP contribution >= 0.6 is 0 Å². The number of methoxy groups -OCH3 is 1. The van der Waals surface area contributed by atoms with Crippen LogP contribution in [-0.2, 0) is 6.54 Å². The number of likely N-dealkylation sites (tertiary alicyclic amines) is 1. The third-order valence-electron chi connectivity index (χ3n) is 4.55. The van der Waals surface area contributed by atoms with Gasteiger partial charge in [0.05, 0.1) is 7.11 Å². The first-order chi connectivity index (χ1) is 12.1. The van der Waals surface area contributed by atoms with E-state index in [0.717, 1.165) is 6.54 Å². The molecule has 134 valence electrons. The highest BCUT2D eigenvalue weighted by Gasteiger charge is 2.31. The lowest BCUT2D eigenvalue weighted by atomic mass is 9.95. The summed E-state index contributed by atoms with van der Waals surface area (Å²) in [7, 11) is 1.49. The van der Waals surface area contributed by atoms with E-state index in [1.165, 1.54) is 18.7 Å². The fourth-order valence-electron chi connectivity index (χ4n) is 3.33. The van der Waals surface area contributed by atoms with E-state index in [0.29, 0.717) is 24.4 Å². The van der Waals surface area contributed by atoms with Gasteiger partial charge in [0, 0.05) is 43.2 Å². The first-order valence-corrected chi connectivity index (χ1v) is 8.21. The molecule has 0 bridgehead atoms. The van der Waals surface area contributed by atoms with E-state index in [4.69, 9.17) is 10.5 Å². The van der Waals surface area contributed by atoms with Gasteiger partial charge in [-0.15, -0.1) is 0 Å². The van der Waals surface area contributed by atoms with Crippen LogP contribution in [0.4, 0.5) is 8.78 Å². The van der Waals surface area contributed by atoms with Gasteiger partial charge >= 0.3 is 6.61 Å². The van der Waals surface area contributed by atoms with Crippen molar-refractivity contribution in [2.24, 2.45) is 5.73 Å². The van der Waals surface area contributed by atoms with E-state index in [1.54, 1.807) is 12.1 Å². The van der Waals surface area contributed by atoms with E-state index in [1.807, 2.05) is 18.2 Å². The largest absolute Gasteiger partial charge is 0.497 e. The van der Waals surface area contributed by atoms with Crippen molar-refractivity contribution in [1.82, 2.24) is 4.90 Å². The number of hydrogen-bond donors (Lipinski definition) is 1. The number of benzene rings is 2. The molecule has 2 atom stereocenters. The summed E-state index contributed by atoms with van der Waals surface area (Å²) in [5.41, 5.74) is 8.21. The first kappa shape index (κ1) is 17.6. The Labute approximate surface area is 146 Å². The molecule has 0 spiro atoms. The van der Waals surface area contributed by atoms with Gasteiger partial charge < -0.3 is 15.2 Å². The normalized spacial score (nSPS) is 20.8. The summed E-state index contributed by atoms with van der Waals surface area (Å²) in [6.45, 7) is -0.877. The molecule has 0 aromatic heterocycles. The fourth-order valence-corrected chi connectivity index (χ4v) is 3.33. The molecular formula is C19H22F2N2O2. The minimum atomic E-state index is -2.87. The quantitative estimate of drug-likeness (QED) is 0.871. The molecule has 3 rings (SSSR count).